The van der Waals surface area contributed by atoms with Gasteiger partial charge in [0.2, 0.25) is 0 Å². The van der Waals surface area contributed by atoms with Gasteiger partial charge in [-0.05, 0) is 29.8 Å². The molecule has 0 fully saturated rings. The lowest BCUT2D eigenvalue weighted by Gasteiger charge is -2.18. The zero-order valence-electron chi connectivity index (χ0n) is 13.7. The summed E-state index contributed by atoms with van der Waals surface area (Å²) in [6.07, 6.45) is -4.40. The van der Waals surface area contributed by atoms with Crippen molar-refractivity contribution in [3.8, 4) is 5.75 Å². The van der Waals surface area contributed by atoms with E-state index in [-0.39, 0.29) is 12.6 Å². The number of hydrogen-bond acceptors (Lipinski definition) is 2. The number of alkyl halides is 3. The van der Waals surface area contributed by atoms with Gasteiger partial charge in [-0.3, -0.25) is 0 Å². The topological polar surface area (TPSA) is 41.6 Å². The normalized spacial score (nSPS) is 11.0. The molecule has 0 radical (unpaired) electrons. The van der Waals surface area contributed by atoms with Crippen LogP contribution in [0, 0.1) is 0 Å². The van der Waals surface area contributed by atoms with E-state index in [4.69, 9.17) is 4.74 Å². The number of urea groups is 1. The van der Waals surface area contributed by atoms with Gasteiger partial charge in [-0.1, -0.05) is 30.3 Å². The SMILES string of the molecule is CN(CCOc1ccccc1)C(=O)NCc1cccc(C(F)(F)F)c1. The van der Waals surface area contributed by atoms with Crippen molar-refractivity contribution in [3.05, 3.63) is 65.7 Å². The summed E-state index contributed by atoms with van der Waals surface area (Å²) in [5, 5.41) is 2.59. The van der Waals surface area contributed by atoms with E-state index >= 15 is 0 Å². The molecule has 1 N–H and O–H groups in total. The lowest BCUT2D eigenvalue weighted by atomic mass is 10.1. The highest BCUT2D eigenvalue weighted by atomic mass is 19.4. The van der Waals surface area contributed by atoms with Crippen LogP contribution >= 0.6 is 0 Å². The predicted molar refractivity (Wildman–Crippen MR) is 88.2 cm³/mol. The molecule has 2 aromatic carbocycles. The fourth-order valence-electron chi connectivity index (χ4n) is 2.09. The Morgan fingerprint density at radius 1 is 1.12 bits per heavy atom. The zero-order valence-corrected chi connectivity index (χ0v) is 13.7. The summed E-state index contributed by atoms with van der Waals surface area (Å²) < 4.78 is 43.5. The second kappa shape index (κ2) is 8.41. The standard InChI is InChI=1S/C18H19F3N2O2/c1-23(10-11-25-16-8-3-2-4-9-16)17(24)22-13-14-6-5-7-15(12-14)18(19,20)21/h2-9,12H,10-11,13H2,1H3,(H,22,24). The van der Waals surface area contributed by atoms with E-state index in [1.807, 2.05) is 30.3 Å². The average Bonchev–Trinajstić information content (AvgIpc) is 2.60. The van der Waals surface area contributed by atoms with Crippen molar-refractivity contribution in [2.24, 2.45) is 0 Å². The van der Waals surface area contributed by atoms with Gasteiger partial charge in [0.1, 0.15) is 12.4 Å². The molecule has 134 valence electrons. The largest absolute Gasteiger partial charge is 0.492 e. The van der Waals surface area contributed by atoms with E-state index in [1.165, 1.54) is 17.0 Å². The van der Waals surface area contributed by atoms with Gasteiger partial charge in [0.05, 0.1) is 12.1 Å². The number of nitrogens with one attached hydrogen (secondary N) is 1. The van der Waals surface area contributed by atoms with Crippen LogP contribution in [0.5, 0.6) is 5.75 Å². The first-order chi connectivity index (χ1) is 11.9. The van der Waals surface area contributed by atoms with Crippen molar-refractivity contribution in [1.82, 2.24) is 10.2 Å². The summed E-state index contributed by atoms with van der Waals surface area (Å²) in [4.78, 5) is 13.4. The van der Waals surface area contributed by atoms with E-state index in [0.717, 1.165) is 12.1 Å². The molecule has 0 heterocycles. The van der Waals surface area contributed by atoms with E-state index < -0.39 is 11.7 Å². The lowest BCUT2D eigenvalue weighted by Crippen LogP contribution is -2.39. The predicted octanol–water partition coefficient (Wildman–Crippen LogP) is 3.93. The number of benzene rings is 2. The third-order valence-electron chi connectivity index (χ3n) is 3.48. The highest BCUT2D eigenvalue weighted by Crippen LogP contribution is 2.29. The van der Waals surface area contributed by atoms with Gasteiger partial charge in [-0.2, -0.15) is 13.2 Å². The third-order valence-corrected chi connectivity index (χ3v) is 3.48. The van der Waals surface area contributed by atoms with Gasteiger partial charge in [-0.15, -0.1) is 0 Å². The van der Waals surface area contributed by atoms with Crippen LogP contribution in [-0.4, -0.2) is 31.1 Å². The van der Waals surface area contributed by atoms with Gasteiger partial charge >= 0.3 is 12.2 Å². The maximum absolute atomic E-state index is 12.7. The quantitative estimate of drug-likeness (QED) is 0.856. The van der Waals surface area contributed by atoms with E-state index in [2.05, 4.69) is 5.32 Å². The number of carbonyl (C=O) groups is 1. The second-order valence-electron chi connectivity index (χ2n) is 5.44. The van der Waals surface area contributed by atoms with Crippen LogP contribution in [0.2, 0.25) is 0 Å². The van der Waals surface area contributed by atoms with Crippen molar-refractivity contribution in [3.63, 3.8) is 0 Å². The van der Waals surface area contributed by atoms with Gasteiger partial charge in [0.25, 0.3) is 0 Å². The molecule has 0 saturated carbocycles. The molecule has 2 rings (SSSR count). The smallest absolute Gasteiger partial charge is 0.416 e. The van der Waals surface area contributed by atoms with Crippen molar-refractivity contribution in [2.45, 2.75) is 12.7 Å². The molecular weight excluding hydrogens is 333 g/mol. The van der Waals surface area contributed by atoms with Gasteiger partial charge in [0.15, 0.2) is 0 Å². The Morgan fingerprint density at radius 2 is 1.84 bits per heavy atom. The van der Waals surface area contributed by atoms with Crippen molar-refractivity contribution in [1.29, 1.82) is 0 Å². The van der Waals surface area contributed by atoms with E-state index in [1.54, 1.807) is 7.05 Å². The molecule has 0 saturated heterocycles. The number of ether oxygens (including phenoxy) is 1. The molecule has 4 nitrogen and oxygen atoms in total. The molecule has 0 aliphatic carbocycles. The molecule has 0 atom stereocenters. The number of para-hydroxylation sites is 1. The lowest BCUT2D eigenvalue weighted by molar-refractivity contribution is -0.137. The summed E-state index contributed by atoms with van der Waals surface area (Å²) in [6, 6.07) is 13.7. The van der Waals surface area contributed by atoms with Crippen LogP contribution < -0.4 is 10.1 Å². The first-order valence-electron chi connectivity index (χ1n) is 7.69. The van der Waals surface area contributed by atoms with Crippen LogP contribution in [0.3, 0.4) is 0 Å². The van der Waals surface area contributed by atoms with Crippen molar-refractivity contribution >= 4 is 6.03 Å². The first kappa shape index (κ1) is 18.6. The van der Waals surface area contributed by atoms with Crippen LogP contribution in [0.15, 0.2) is 54.6 Å². The van der Waals surface area contributed by atoms with Crippen molar-refractivity contribution in [2.75, 3.05) is 20.2 Å². The molecule has 0 aromatic heterocycles. The monoisotopic (exact) mass is 352 g/mol. The Balaban J connectivity index is 1.77. The van der Waals surface area contributed by atoms with Crippen molar-refractivity contribution < 1.29 is 22.7 Å². The number of halogens is 3. The Hall–Kier alpha value is -2.70. The Bertz CT molecular complexity index is 690. The number of likely N-dealkylation sites (N-methyl/N-ethyl adjacent to an activating group) is 1. The molecule has 2 aromatic rings. The molecule has 7 heteroatoms. The molecule has 0 aliphatic heterocycles. The van der Waals surface area contributed by atoms with Crippen LogP contribution in [0.4, 0.5) is 18.0 Å². The van der Waals surface area contributed by atoms with Gasteiger partial charge in [-0.25, -0.2) is 4.79 Å². The fourth-order valence-corrected chi connectivity index (χ4v) is 2.09. The van der Waals surface area contributed by atoms with Crippen LogP contribution in [0.25, 0.3) is 0 Å². The minimum Gasteiger partial charge on any atom is -0.492 e. The Morgan fingerprint density at radius 3 is 2.52 bits per heavy atom. The maximum atomic E-state index is 12.7. The summed E-state index contributed by atoms with van der Waals surface area (Å²) in [7, 11) is 1.59. The Labute approximate surface area is 144 Å². The molecule has 0 bridgehead atoms. The molecule has 0 aliphatic rings. The molecular formula is C18H19F3N2O2. The molecule has 0 unspecified atom stereocenters. The highest BCUT2D eigenvalue weighted by molar-refractivity contribution is 5.73. The van der Waals surface area contributed by atoms with Gasteiger partial charge < -0.3 is 15.0 Å². The molecule has 2 amide bonds. The number of nitrogens with zero attached hydrogens (tertiary/aromatic N) is 1. The number of amides is 2. The summed E-state index contributed by atoms with van der Waals surface area (Å²) in [5.74, 6) is 0.709. The van der Waals surface area contributed by atoms with Crippen LogP contribution in [-0.2, 0) is 12.7 Å². The molecule has 25 heavy (non-hydrogen) atoms. The first-order valence-corrected chi connectivity index (χ1v) is 7.69. The minimum atomic E-state index is -4.40. The summed E-state index contributed by atoms with van der Waals surface area (Å²) >= 11 is 0. The van der Waals surface area contributed by atoms with Gasteiger partial charge in [0, 0.05) is 13.6 Å². The summed E-state index contributed by atoms with van der Waals surface area (Å²) in [6.45, 7) is 0.688. The number of carbonyl (C=O) groups excluding carboxylic acids is 1. The minimum absolute atomic E-state index is 0.0205. The fraction of sp³-hybridized carbons (Fsp3) is 0.278. The number of hydrogen-bond donors (Lipinski definition) is 1. The number of rotatable bonds is 6. The van der Waals surface area contributed by atoms with E-state index in [0.29, 0.717) is 24.5 Å². The summed E-state index contributed by atoms with van der Waals surface area (Å²) in [5.41, 5.74) is -0.346. The zero-order chi connectivity index (χ0) is 18.3. The molecule has 0 spiro atoms. The van der Waals surface area contributed by atoms with Crippen LogP contribution in [0.1, 0.15) is 11.1 Å². The average molecular weight is 352 g/mol. The maximum Gasteiger partial charge on any atom is 0.416 e. The second-order valence-corrected chi connectivity index (χ2v) is 5.44. The highest BCUT2D eigenvalue weighted by Gasteiger charge is 2.30. The Kier molecular flexibility index (Phi) is 6.27. The van der Waals surface area contributed by atoms with E-state index in [9.17, 15) is 18.0 Å². The third kappa shape index (κ3) is 6.02.